The third kappa shape index (κ3) is 1.68. The normalized spacial score (nSPS) is 10.7. The van der Waals surface area contributed by atoms with Crippen LogP contribution in [0.3, 0.4) is 0 Å². The van der Waals surface area contributed by atoms with Crippen molar-refractivity contribution >= 4 is 32.3 Å². The van der Waals surface area contributed by atoms with Crippen LogP contribution < -0.4 is 0 Å². The van der Waals surface area contributed by atoms with E-state index >= 15 is 0 Å². The molecule has 0 N–H and O–H groups in total. The van der Waals surface area contributed by atoms with Crippen molar-refractivity contribution in [2.75, 3.05) is 0 Å². The molecule has 0 heterocycles. The Balaban J connectivity index is 0.00000110. The van der Waals surface area contributed by atoms with Gasteiger partial charge < -0.3 is 0 Å². The lowest BCUT2D eigenvalue weighted by Crippen LogP contribution is -1.80. The molecule has 0 saturated carbocycles. The highest BCUT2D eigenvalue weighted by molar-refractivity contribution is 6.20. The topological polar surface area (TPSA) is 0 Å². The maximum absolute atomic E-state index is 2.21. The predicted octanol–water partition coefficient (Wildman–Crippen LogP) is 5.78. The van der Waals surface area contributed by atoms with Crippen LogP contribution in [0.4, 0.5) is 0 Å². The maximum atomic E-state index is 2.21. The van der Waals surface area contributed by atoms with Gasteiger partial charge in [-0.2, -0.15) is 0 Å². The summed E-state index contributed by atoms with van der Waals surface area (Å²) in [6.45, 7) is 0. The first-order valence-corrected chi connectivity index (χ1v) is 6.23. The molecule has 0 nitrogen and oxygen atoms in total. The molecular weight excluding hydrogens is 228 g/mol. The molecule has 19 heavy (non-hydrogen) atoms. The van der Waals surface area contributed by atoms with E-state index in [4.69, 9.17) is 0 Å². The summed E-state index contributed by atoms with van der Waals surface area (Å²) in [4.78, 5) is 0. The third-order valence-corrected chi connectivity index (χ3v) is 3.63. The smallest absolute Gasteiger partial charge is 0.00268 e. The Bertz CT molecular complexity index is 802. The molecule has 0 radical (unpaired) electrons. The van der Waals surface area contributed by atoms with Gasteiger partial charge in [0.1, 0.15) is 0 Å². The quantitative estimate of drug-likeness (QED) is 0.344. The van der Waals surface area contributed by atoms with Crippen molar-refractivity contribution in [3.63, 3.8) is 0 Å². The molecule has 0 aromatic heterocycles. The molecule has 92 valence electrons. The van der Waals surface area contributed by atoms with Gasteiger partial charge in [-0.05, 0) is 32.3 Å². The van der Waals surface area contributed by atoms with Crippen LogP contribution in [0.25, 0.3) is 32.3 Å². The first-order chi connectivity index (χ1) is 8.93. The fourth-order valence-corrected chi connectivity index (χ4v) is 2.78. The van der Waals surface area contributed by atoms with Crippen molar-refractivity contribution in [2.45, 2.75) is 7.43 Å². The zero-order chi connectivity index (χ0) is 11.9. The Morgan fingerprint density at radius 3 is 1.37 bits per heavy atom. The van der Waals surface area contributed by atoms with Crippen LogP contribution in [0.15, 0.2) is 72.8 Å². The van der Waals surface area contributed by atoms with Gasteiger partial charge in [0.15, 0.2) is 0 Å². The van der Waals surface area contributed by atoms with E-state index in [1.54, 1.807) is 0 Å². The van der Waals surface area contributed by atoms with Gasteiger partial charge in [-0.3, -0.25) is 0 Å². The van der Waals surface area contributed by atoms with E-state index in [-0.39, 0.29) is 7.43 Å². The van der Waals surface area contributed by atoms with Gasteiger partial charge in [-0.15, -0.1) is 0 Å². The lowest BCUT2D eigenvalue weighted by atomic mass is 9.97. The standard InChI is InChI=1S/C18H12.CH4/c1-3-7-16-13(5-1)9-11-15-12-10-14-6-2-4-8-17(14)18(15)16;/h1-12H;1H4. The monoisotopic (exact) mass is 244 g/mol. The van der Waals surface area contributed by atoms with Gasteiger partial charge in [0.05, 0.1) is 0 Å². The minimum atomic E-state index is 0. The van der Waals surface area contributed by atoms with E-state index in [1.807, 2.05) is 0 Å². The first-order valence-electron chi connectivity index (χ1n) is 6.23. The predicted molar refractivity (Wildman–Crippen MR) is 85.7 cm³/mol. The van der Waals surface area contributed by atoms with Crippen LogP contribution in [-0.4, -0.2) is 0 Å². The molecule has 0 saturated heterocycles. The van der Waals surface area contributed by atoms with Crippen molar-refractivity contribution in [1.82, 2.24) is 0 Å². The Morgan fingerprint density at radius 1 is 0.421 bits per heavy atom. The Hall–Kier alpha value is -2.34. The molecule has 0 spiro atoms. The second-order valence-electron chi connectivity index (χ2n) is 4.67. The molecule has 0 aliphatic carbocycles. The van der Waals surface area contributed by atoms with E-state index in [2.05, 4.69) is 72.8 Å². The minimum Gasteiger partial charge on any atom is -0.0776 e. The van der Waals surface area contributed by atoms with E-state index < -0.39 is 0 Å². The van der Waals surface area contributed by atoms with Gasteiger partial charge in [-0.25, -0.2) is 0 Å². The lowest BCUT2D eigenvalue weighted by molar-refractivity contribution is 1.77. The summed E-state index contributed by atoms with van der Waals surface area (Å²) < 4.78 is 0. The van der Waals surface area contributed by atoms with E-state index in [9.17, 15) is 0 Å². The molecular formula is C19H16. The molecule has 0 fully saturated rings. The van der Waals surface area contributed by atoms with Crippen molar-refractivity contribution < 1.29 is 0 Å². The second-order valence-corrected chi connectivity index (χ2v) is 4.67. The number of fused-ring (bicyclic) bond motifs is 5. The van der Waals surface area contributed by atoms with Crippen LogP contribution in [0.5, 0.6) is 0 Å². The van der Waals surface area contributed by atoms with Crippen molar-refractivity contribution in [3.8, 4) is 0 Å². The summed E-state index contributed by atoms with van der Waals surface area (Å²) in [6.07, 6.45) is 0. The third-order valence-electron chi connectivity index (χ3n) is 3.63. The minimum absolute atomic E-state index is 0. The van der Waals surface area contributed by atoms with Crippen molar-refractivity contribution in [2.24, 2.45) is 0 Å². The van der Waals surface area contributed by atoms with E-state index in [0.29, 0.717) is 0 Å². The molecule has 0 amide bonds. The fourth-order valence-electron chi connectivity index (χ4n) is 2.78. The highest BCUT2D eigenvalue weighted by Crippen LogP contribution is 2.31. The SMILES string of the molecule is C.c1ccc2c(c1)ccc1ccc3ccccc3c12. The zero-order valence-corrected chi connectivity index (χ0v) is 9.93. The van der Waals surface area contributed by atoms with Crippen LogP contribution in [0.2, 0.25) is 0 Å². The first kappa shape index (κ1) is 11.7. The van der Waals surface area contributed by atoms with Gasteiger partial charge >= 0.3 is 0 Å². The molecule has 4 aromatic rings. The Labute approximate surface area is 113 Å². The summed E-state index contributed by atoms with van der Waals surface area (Å²) >= 11 is 0. The zero-order valence-electron chi connectivity index (χ0n) is 9.93. The number of rotatable bonds is 0. The summed E-state index contributed by atoms with van der Waals surface area (Å²) in [5, 5.41) is 7.97. The number of hydrogen-bond donors (Lipinski definition) is 0. The molecule has 0 bridgehead atoms. The van der Waals surface area contributed by atoms with Crippen molar-refractivity contribution in [3.05, 3.63) is 72.8 Å². The molecule has 4 rings (SSSR count). The highest BCUT2D eigenvalue weighted by atomic mass is 14.1. The highest BCUT2D eigenvalue weighted by Gasteiger charge is 2.03. The van der Waals surface area contributed by atoms with Crippen molar-refractivity contribution in [1.29, 1.82) is 0 Å². The summed E-state index contributed by atoms with van der Waals surface area (Å²) in [7, 11) is 0. The average molecular weight is 244 g/mol. The number of hydrogen-bond acceptors (Lipinski definition) is 0. The number of benzene rings is 4. The molecule has 0 heteroatoms. The largest absolute Gasteiger partial charge is 0.0776 e. The average Bonchev–Trinajstić information content (AvgIpc) is 2.46. The van der Waals surface area contributed by atoms with Gasteiger partial charge in [0.2, 0.25) is 0 Å². The van der Waals surface area contributed by atoms with Crippen LogP contribution in [0, 0.1) is 0 Å². The van der Waals surface area contributed by atoms with Crippen LogP contribution in [-0.2, 0) is 0 Å². The molecule has 0 aliphatic heterocycles. The van der Waals surface area contributed by atoms with E-state index in [1.165, 1.54) is 32.3 Å². The van der Waals surface area contributed by atoms with Crippen LogP contribution >= 0.6 is 0 Å². The maximum Gasteiger partial charge on any atom is -0.00268 e. The molecule has 0 aliphatic rings. The van der Waals surface area contributed by atoms with E-state index in [0.717, 1.165) is 0 Å². The lowest BCUT2D eigenvalue weighted by Gasteiger charge is -2.07. The van der Waals surface area contributed by atoms with Gasteiger partial charge in [-0.1, -0.05) is 80.2 Å². The second kappa shape index (κ2) is 4.40. The fraction of sp³-hybridized carbons (Fsp3) is 0.0526. The molecule has 4 aromatic carbocycles. The Kier molecular flexibility index (Phi) is 2.72. The molecule has 0 atom stereocenters. The van der Waals surface area contributed by atoms with Crippen LogP contribution in [0.1, 0.15) is 7.43 Å². The summed E-state index contributed by atoms with van der Waals surface area (Å²) in [5.41, 5.74) is 0. The molecule has 0 unspecified atom stereocenters. The summed E-state index contributed by atoms with van der Waals surface area (Å²) in [5.74, 6) is 0. The van der Waals surface area contributed by atoms with Gasteiger partial charge in [0.25, 0.3) is 0 Å². The summed E-state index contributed by atoms with van der Waals surface area (Å²) in [6, 6.07) is 26.0. The Morgan fingerprint density at radius 2 is 0.842 bits per heavy atom. The van der Waals surface area contributed by atoms with Gasteiger partial charge in [0, 0.05) is 0 Å².